The van der Waals surface area contributed by atoms with E-state index in [0.29, 0.717) is 6.61 Å². The van der Waals surface area contributed by atoms with Crippen LogP contribution in [-0.2, 0) is 6.54 Å². The SMILES string of the molecule is Cc1ccc(OCCNC(C)(C)CCn2ccnc2)cc1. The fourth-order valence-corrected chi connectivity index (χ4v) is 2.11. The van der Waals surface area contributed by atoms with Gasteiger partial charge in [0.25, 0.3) is 0 Å². The van der Waals surface area contributed by atoms with Crippen LogP contribution in [0, 0.1) is 6.92 Å². The predicted molar refractivity (Wildman–Crippen MR) is 85.6 cm³/mol. The molecule has 0 amide bonds. The molecule has 2 aromatic rings. The largest absolute Gasteiger partial charge is 0.492 e. The van der Waals surface area contributed by atoms with Crippen LogP contribution in [0.15, 0.2) is 43.0 Å². The number of aryl methyl sites for hydroxylation is 2. The fraction of sp³-hybridized carbons (Fsp3) is 0.471. The molecule has 21 heavy (non-hydrogen) atoms. The highest BCUT2D eigenvalue weighted by molar-refractivity contribution is 5.26. The molecule has 0 aliphatic rings. The summed E-state index contributed by atoms with van der Waals surface area (Å²) >= 11 is 0. The molecule has 0 spiro atoms. The number of rotatable bonds is 8. The summed E-state index contributed by atoms with van der Waals surface area (Å²) in [6.45, 7) is 9.00. The standard InChI is InChI=1S/C17H25N3O/c1-15-4-6-16(7-5-15)21-13-10-19-17(2,3)8-11-20-12-9-18-14-20/h4-7,9,12,14,19H,8,10-11,13H2,1-3H3. The Bertz CT molecular complexity index is 517. The molecule has 4 nitrogen and oxygen atoms in total. The Kier molecular flexibility index (Phi) is 5.39. The lowest BCUT2D eigenvalue weighted by atomic mass is 10.0. The van der Waals surface area contributed by atoms with Gasteiger partial charge in [0, 0.05) is 31.0 Å². The van der Waals surface area contributed by atoms with Crippen LogP contribution in [0.1, 0.15) is 25.8 Å². The molecule has 0 saturated carbocycles. The van der Waals surface area contributed by atoms with Crippen molar-refractivity contribution in [1.82, 2.24) is 14.9 Å². The first-order valence-corrected chi connectivity index (χ1v) is 7.45. The summed E-state index contributed by atoms with van der Waals surface area (Å²) in [5.74, 6) is 0.929. The van der Waals surface area contributed by atoms with Gasteiger partial charge in [-0.15, -0.1) is 0 Å². The number of ether oxygens (including phenoxy) is 1. The van der Waals surface area contributed by atoms with Gasteiger partial charge < -0.3 is 14.6 Å². The normalized spacial score (nSPS) is 11.6. The quantitative estimate of drug-likeness (QED) is 0.759. The highest BCUT2D eigenvalue weighted by Crippen LogP contribution is 2.12. The van der Waals surface area contributed by atoms with Crippen molar-refractivity contribution < 1.29 is 4.74 Å². The Morgan fingerprint density at radius 2 is 2.00 bits per heavy atom. The summed E-state index contributed by atoms with van der Waals surface area (Å²) in [6, 6.07) is 8.16. The first kappa shape index (κ1) is 15.6. The van der Waals surface area contributed by atoms with E-state index >= 15 is 0 Å². The molecule has 0 unspecified atom stereocenters. The first-order chi connectivity index (χ1) is 10.1. The van der Waals surface area contributed by atoms with E-state index in [-0.39, 0.29) is 5.54 Å². The second-order valence-electron chi connectivity index (χ2n) is 6.02. The minimum absolute atomic E-state index is 0.0842. The van der Waals surface area contributed by atoms with E-state index in [0.717, 1.165) is 25.3 Å². The smallest absolute Gasteiger partial charge is 0.119 e. The predicted octanol–water partition coefficient (Wildman–Crippen LogP) is 3.03. The van der Waals surface area contributed by atoms with Crippen LogP contribution in [0.2, 0.25) is 0 Å². The Morgan fingerprint density at radius 3 is 2.67 bits per heavy atom. The van der Waals surface area contributed by atoms with Gasteiger partial charge in [0.1, 0.15) is 12.4 Å². The molecular formula is C17H25N3O. The Morgan fingerprint density at radius 1 is 1.24 bits per heavy atom. The molecule has 1 heterocycles. The number of benzene rings is 1. The lowest BCUT2D eigenvalue weighted by molar-refractivity contribution is 0.272. The third-order valence-corrected chi connectivity index (χ3v) is 3.55. The van der Waals surface area contributed by atoms with E-state index in [1.54, 1.807) is 0 Å². The minimum Gasteiger partial charge on any atom is -0.492 e. The van der Waals surface area contributed by atoms with Crippen molar-refractivity contribution in [2.24, 2.45) is 0 Å². The molecular weight excluding hydrogens is 262 g/mol. The van der Waals surface area contributed by atoms with Crippen molar-refractivity contribution >= 4 is 0 Å². The van der Waals surface area contributed by atoms with Gasteiger partial charge in [-0.25, -0.2) is 4.98 Å². The highest BCUT2D eigenvalue weighted by Gasteiger charge is 2.16. The van der Waals surface area contributed by atoms with Gasteiger partial charge in [-0.2, -0.15) is 0 Å². The van der Waals surface area contributed by atoms with Crippen molar-refractivity contribution in [3.8, 4) is 5.75 Å². The molecule has 2 rings (SSSR count). The molecule has 0 bridgehead atoms. The van der Waals surface area contributed by atoms with Crippen molar-refractivity contribution in [3.05, 3.63) is 48.5 Å². The van der Waals surface area contributed by atoms with Gasteiger partial charge in [-0.05, 0) is 39.3 Å². The topological polar surface area (TPSA) is 39.1 Å². The zero-order chi connectivity index (χ0) is 15.1. The highest BCUT2D eigenvalue weighted by atomic mass is 16.5. The second-order valence-corrected chi connectivity index (χ2v) is 6.02. The average molecular weight is 287 g/mol. The zero-order valence-corrected chi connectivity index (χ0v) is 13.2. The molecule has 1 aromatic heterocycles. The lowest BCUT2D eigenvalue weighted by Crippen LogP contribution is -2.42. The molecule has 0 radical (unpaired) electrons. The van der Waals surface area contributed by atoms with Gasteiger partial charge in [-0.1, -0.05) is 17.7 Å². The molecule has 0 fully saturated rings. The monoisotopic (exact) mass is 287 g/mol. The Labute approximate surface area is 127 Å². The third kappa shape index (κ3) is 5.60. The van der Waals surface area contributed by atoms with Crippen molar-refractivity contribution in [2.45, 2.75) is 39.3 Å². The average Bonchev–Trinajstić information content (AvgIpc) is 2.97. The number of aromatic nitrogens is 2. The minimum atomic E-state index is 0.0842. The molecule has 0 aliphatic carbocycles. The van der Waals surface area contributed by atoms with Crippen LogP contribution < -0.4 is 10.1 Å². The molecule has 0 saturated heterocycles. The van der Waals surface area contributed by atoms with Crippen molar-refractivity contribution in [1.29, 1.82) is 0 Å². The van der Waals surface area contributed by atoms with E-state index < -0.39 is 0 Å². The molecule has 0 aliphatic heterocycles. The van der Waals surface area contributed by atoms with Gasteiger partial charge in [0.05, 0.1) is 6.33 Å². The first-order valence-electron chi connectivity index (χ1n) is 7.45. The van der Waals surface area contributed by atoms with Crippen LogP contribution >= 0.6 is 0 Å². The molecule has 1 aromatic carbocycles. The van der Waals surface area contributed by atoms with Crippen LogP contribution in [0.5, 0.6) is 5.75 Å². The molecule has 1 N–H and O–H groups in total. The lowest BCUT2D eigenvalue weighted by Gasteiger charge is -2.26. The second kappa shape index (κ2) is 7.27. The van der Waals surface area contributed by atoms with E-state index in [9.17, 15) is 0 Å². The van der Waals surface area contributed by atoms with E-state index in [2.05, 4.69) is 47.8 Å². The maximum Gasteiger partial charge on any atom is 0.119 e. The Balaban J connectivity index is 1.65. The van der Waals surface area contributed by atoms with Crippen LogP contribution in [0.25, 0.3) is 0 Å². The number of hydrogen-bond donors (Lipinski definition) is 1. The summed E-state index contributed by atoms with van der Waals surface area (Å²) in [5, 5.41) is 3.54. The molecule has 0 atom stereocenters. The number of imidazole rings is 1. The Hall–Kier alpha value is -1.81. The molecule has 114 valence electrons. The van der Waals surface area contributed by atoms with Gasteiger partial charge >= 0.3 is 0 Å². The molecule has 4 heteroatoms. The van der Waals surface area contributed by atoms with Crippen LogP contribution in [0.4, 0.5) is 0 Å². The summed E-state index contributed by atoms with van der Waals surface area (Å²) in [5.41, 5.74) is 1.34. The summed E-state index contributed by atoms with van der Waals surface area (Å²) in [7, 11) is 0. The van der Waals surface area contributed by atoms with Crippen LogP contribution in [0.3, 0.4) is 0 Å². The van der Waals surface area contributed by atoms with E-state index in [1.165, 1.54) is 5.56 Å². The van der Waals surface area contributed by atoms with Crippen molar-refractivity contribution in [3.63, 3.8) is 0 Å². The van der Waals surface area contributed by atoms with Gasteiger partial charge in [0.15, 0.2) is 0 Å². The maximum absolute atomic E-state index is 5.73. The summed E-state index contributed by atoms with van der Waals surface area (Å²) in [6.07, 6.45) is 6.72. The zero-order valence-electron chi connectivity index (χ0n) is 13.2. The van der Waals surface area contributed by atoms with Gasteiger partial charge in [0.2, 0.25) is 0 Å². The van der Waals surface area contributed by atoms with Gasteiger partial charge in [-0.3, -0.25) is 0 Å². The van der Waals surface area contributed by atoms with E-state index in [1.807, 2.05) is 30.9 Å². The fourth-order valence-electron chi connectivity index (χ4n) is 2.11. The third-order valence-electron chi connectivity index (χ3n) is 3.55. The van der Waals surface area contributed by atoms with Crippen molar-refractivity contribution in [2.75, 3.05) is 13.2 Å². The maximum atomic E-state index is 5.73. The summed E-state index contributed by atoms with van der Waals surface area (Å²) in [4.78, 5) is 4.06. The van der Waals surface area contributed by atoms with E-state index in [4.69, 9.17) is 4.74 Å². The summed E-state index contributed by atoms with van der Waals surface area (Å²) < 4.78 is 7.83. The van der Waals surface area contributed by atoms with Crippen LogP contribution in [-0.4, -0.2) is 28.2 Å². The number of nitrogens with zero attached hydrogens (tertiary/aromatic N) is 2. The number of nitrogens with one attached hydrogen (secondary N) is 1. The number of hydrogen-bond acceptors (Lipinski definition) is 3.